The minimum atomic E-state index is 0.620. The molecule has 0 amide bonds. The average Bonchev–Trinajstić information content (AvgIpc) is 2.34. The molecule has 0 aliphatic carbocycles. The van der Waals surface area contributed by atoms with Crippen molar-refractivity contribution in [3.05, 3.63) is 58.6 Å². The first-order valence-electron chi connectivity index (χ1n) is 6.34. The fourth-order valence-electron chi connectivity index (χ4n) is 1.98. The van der Waals surface area contributed by atoms with Gasteiger partial charge < -0.3 is 10.1 Å². The highest BCUT2D eigenvalue weighted by Gasteiger charge is 1.97. The van der Waals surface area contributed by atoms with Gasteiger partial charge in [0.15, 0.2) is 0 Å². The minimum Gasteiger partial charge on any atom is -0.492 e. The molecule has 0 aromatic heterocycles. The SMILES string of the molecule is Cc1cc(C)cc(OCCNc2cccc(Cl)c2)c1. The zero-order valence-electron chi connectivity index (χ0n) is 11.2. The average molecular weight is 276 g/mol. The van der Waals surface area contributed by atoms with E-state index in [2.05, 4.69) is 25.2 Å². The highest BCUT2D eigenvalue weighted by atomic mass is 35.5. The van der Waals surface area contributed by atoms with Crippen LogP contribution >= 0.6 is 11.6 Å². The zero-order chi connectivity index (χ0) is 13.7. The van der Waals surface area contributed by atoms with Gasteiger partial charge in [-0.25, -0.2) is 0 Å². The van der Waals surface area contributed by atoms with Gasteiger partial charge in [-0.1, -0.05) is 23.7 Å². The number of halogens is 1. The molecule has 0 aliphatic rings. The first kappa shape index (κ1) is 13.8. The Labute approximate surface area is 119 Å². The highest BCUT2D eigenvalue weighted by Crippen LogP contribution is 2.17. The monoisotopic (exact) mass is 275 g/mol. The summed E-state index contributed by atoms with van der Waals surface area (Å²) >= 11 is 5.92. The largest absolute Gasteiger partial charge is 0.492 e. The standard InChI is InChI=1S/C16H18ClNO/c1-12-8-13(2)10-16(9-12)19-7-6-18-15-5-3-4-14(17)11-15/h3-5,8-11,18H,6-7H2,1-2H3. The molecule has 0 spiro atoms. The molecule has 0 saturated heterocycles. The van der Waals surface area contributed by atoms with Gasteiger partial charge in [-0.05, 0) is 55.3 Å². The maximum atomic E-state index is 5.92. The fourth-order valence-corrected chi connectivity index (χ4v) is 2.17. The van der Waals surface area contributed by atoms with E-state index >= 15 is 0 Å². The Balaban J connectivity index is 1.80. The molecule has 0 aliphatic heterocycles. The molecule has 0 saturated carbocycles. The number of rotatable bonds is 5. The lowest BCUT2D eigenvalue weighted by Gasteiger charge is -2.10. The van der Waals surface area contributed by atoms with Gasteiger partial charge in [0.25, 0.3) is 0 Å². The number of anilines is 1. The van der Waals surface area contributed by atoms with Crippen LogP contribution in [0.5, 0.6) is 5.75 Å². The van der Waals surface area contributed by atoms with Crippen molar-refractivity contribution < 1.29 is 4.74 Å². The van der Waals surface area contributed by atoms with Crippen molar-refractivity contribution >= 4 is 17.3 Å². The summed E-state index contributed by atoms with van der Waals surface area (Å²) in [5.74, 6) is 0.922. The molecule has 2 nitrogen and oxygen atoms in total. The van der Waals surface area contributed by atoms with Gasteiger partial charge in [0.05, 0.1) is 0 Å². The Bertz CT molecular complexity index is 534. The van der Waals surface area contributed by atoms with E-state index in [0.29, 0.717) is 6.61 Å². The van der Waals surface area contributed by atoms with Crippen LogP contribution in [0.25, 0.3) is 0 Å². The van der Waals surface area contributed by atoms with E-state index in [4.69, 9.17) is 16.3 Å². The molecule has 2 aromatic rings. The number of hydrogen-bond acceptors (Lipinski definition) is 2. The molecule has 3 heteroatoms. The predicted octanol–water partition coefficient (Wildman–Crippen LogP) is 4.45. The second-order valence-corrected chi connectivity index (χ2v) is 5.05. The molecule has 19 heavy (non-hydrogen) atoms. The molecule has 2 rings (SSSR count). The van der Waals surface area contributed by atoms with Crippen molar-refractivity contribution in [3.63, 3.8) is 0 Å². The minimum absolute atomic E-state index is 0.620. The molecule has 0 unspecified atom stereocenters. The van der Waals surface area contributed by atoms with Gasteiger partial charge in [-0.15, -0.1) is 0 Å². The Morgan fingerprint density at radius 2 is 1.79 bits per heavy atom. The van der Waals surface area contributed by atoms with Gasteiger partial charge in [-0.3, -0.25) is 0 Å². The molecule has 1 N–H and O–H groups in total. The van der Waals surface area contributed by atoms with E-state index in [1.165, 1.54) is 11.1 Å². The number of aryl methyl sites for hydroxylation is 2. The van der Waals surface area contributed by atoms with Crippen molar-refractivity contribution in [3.8, 4) is 5.75 Å². The van der Waals surface area contributed by atoms with Crippen molar-refractivity contribution in [2.24, 2.45) is 0 Å². The van der Waals surface area contributed by atoms with Gasteiger partial charge in [0.1, 0.15) is 12.4 Å². The van der Waals surface area contributed by atoms with E-state index in [1.54, 1.807) is 0 Å². The van der Waals surface area contributed by atoms with Crippen LogP contribution < -0.4 is 10.1 Å². The summed E-state index contributed by atoms with van der Waals surface area (Å²) in [5.41, 5.74) is 3.45. The van der Waals surface area contributed by atoms with E-state index < -0.39 is 0 Å². The summed E-state index contributed by atoms with van der Waals surface area (Å²) in [6.07, 6.45) is 0. The smallest absolute Gasteiger partial charge is 0.119 e. The Kier molecular flexibility index (Phi) is 4.69. The topological polar surface area (TPSA) is 21.3 Å². The molecule has 100 valence electrons. The summed E-state index contributed by atoms with van der Waals surface area (Å²) in [7, 11) is 0. The van der Waals surface area contributed by atoms with Gasteiger partial charge in [0, 0.05) is 17.3 Å². The Morgan fingerprint density at radius 3 is 2.47 bits per heavy atom. The lowest BCUT2D eigenvalue weighted by atomic mass is 10.1. The van der Waals surface area contributed by atoms with Crippen molar-refractivity contribution in [2.45, 2.75) is 13.8 Å². The van der Waals surface area contributed by atoms with Crippen molar-refractivity contribution in [2.75, 3.05) is 18.5 Å². The fraction of sp³-hybridized carbons (Fsp3) is 0.250. The Morgan fingerprint density at radius 1 is 1.05 bits per heavy atom. The number of ether oxygens (including phenoxy) is 1. The van der Waals surface area contributed by atoms with Crippen LogP contribution in [0.3, 0.4) is 0 Å². The lowest BCUT2D eigenvalue weighted by Crippen LogP contribution is -2.11. The molecule has 0 atom stereocenters. The van der Waals surface area contributed by atoms with Crippen LogP contribution in [-0.2, 0) is 0 Å². The third-order valence-electron chi connectivity index (χ3n) is 2.72. The number of nitrogens with one attached hydrogen (secondary N) is 1. The number of benzene rings is 2. The second kappa shape index (κ2) is 6.48. The van der Waals surface area contributed by atoms with E-state index in [1.807, 2.05) is 36.4 Å². The van der Waals surface area contributed by atoms with E-state index in [-0.39, 0.29) is 0 Å². The second-order valence-electron chi connectivity index (χ2n) is 4.61. The quantitative estimate of drug-likeness (QED) is 0.814. The summed E-state index contributed by atoms with van der Waals surface area (Å²) in [5, 5.41) is 4.01. The van der Waals surface area contributed by atoms with Crippen molar-refractivity contribution in [1.29, 1.82) is 0 Å². The predicted molar refractivity (Wildman–Crippen MR) is 81.4 cm³/mol. The van der Waals surface area contributed by atoms with E-state index in [9.17, 15) is 0 Å². The molecule has 2 aromatic carbocycles. The summed E-state index contributed by atoms with van der Waals surface area (Å²) < 4.78 is 5.72. The van der Waals surface area contributed by atoms with Crippen LogP contribution in [-0.4, -0.2) is 13.2 Å². The first-order valence-corrected chi connectivity index (χ1v) is 6.72. The van der Waals surface area contributed by atoms with Crippen LogP contribution in [0.4, 0.5) is 5.69 Å². The van der Waals surface area contributed by atoms with Crippen LogP contribution in [0.15, 0.2) is 42.5 Å². The molecule has 0 radical (unpaired) electrons. The van der Waals surface area contributed by atoms with Crippen molar-refractivity contribution in [1.82, 2.24) is 0 Å². The number of hydrogen-bond donors (Lipinski definition) is 1. The van der Waals surface area contributed by atoms with Gasteiger partial charge >= 0.3 is 0 Å². The highest BCUT2D eigenvalue weighted by molar-refractivity contribution is 6.30. The van der Waals surface area contributed by atoms with Gasteiger partial charge in [0.2, 0.25) is 0 Å². The molecular weight excluding hydrogens is 258 g/mol. The maximum absolute atomic E-state index is 5.92. The maximum Gasteiger partial charge on any atom is 0.119 e. The van der Waals surface area contributed by atoms with Crippen LogP contribution in [0.1, 0.15) is 11.1 Å². The normalized spacial score (nSPS) is 10.3. The lowest BCUT2D eigenvalue weighted by molar-refractivity contribution is 0.332. The third-order valence-corrected chi connectivity index (χ3v) is 2.95. The third kappa shape index (κ3) is 4.49. The summed E-state index contributed by atoms with van der Waals surface area (Å²) in [6, 6.07) is 13.9. The summed E-state index contributed by atoms with van der Waals surface area (Å²) in [4.78, 5) is 0. The Hall–Kier alpha value is -1.67. The van der Waals surface area contributed by atoms with Gasteiger partial charge in [-0.2, -0.15) is 0 Å². The molecule has 0 bridgehead atoms. The summed E-state index contributed by atoms with van der Waals surface area (Å²) in [6.45, 7) is 5.51. The zero-order valence-corrected chi connectivity index (χ0v) is 12.0. The van der Waals surface area contributed by atoms with E-state index in [0.717, 1.165) is 23.0 Å². The van der Waals surface area contributed by atoms with Crippen LogP contribution in [0, 0.1) is 13.8 Å². The molecular formula is C16H18ClNO. The molecule has 0 heterocycles. The van der Waals surface area contributed by atoms with Crippen LogP contribution in [0.2, 0.25) is 5.02 Å². The molecule has 0 fully saturated rings. The first-order chi connectivity index (χ1) is 9.13.